The number of nitrogens with one attached hydrogen (secondary N) is 2. The summed E-state index contributed by atoms with van der Waals surface area (Å²) in [5.74, 6) is 0.0204. The van der Waals surface area contributed by atoms with Crippen molar-refractivity contribution in [2.24, 2.45) is 0 Å². The van der Waals surface area contributed by atoms with Gasteiger partial charge in [-0.05, 0) is 36.1 Å². The Hall–Kier alpha value is -1.84. The van der Waals surface area contributed by atoms with E-state index in [2.05, 4.69) is 16.7 Å². The summed E-state index contributed by atoms with van der Waals surface area (Å²) in [4.78, 5) is 12.3. The average Bonchev–Trinajstić information content (AvgIpc) is 2.65. The normalized spacial score (nSPS) is 17.8. The second-order valence-electron chi connectivity index (χ2n) is 5.21. The number of hydrogen-bond acceptors (Lipinski definition) is 2. The zero-order valence-electron chi connectivity index (χ0n) is 11.6. The zero-order valence-corrected chi connectivity index (χ0v) is 12.4. The largest absolute Gasteiger partial charge is 0.324 e. The Morgan fingerprint density at radius 1 is 1.14 bits per heavy atom. The monoisotopic (exact) mass is 300 g/mol. The van der Waals surface area contributed by atoms with Gasteiger partial charge in [0.15, 0.2) is 0 Å². The number of aryl methyl sites for hydroxylation is 1. The summed E-state index contributed by atoms with van der Waals surface area (Å²) in [6.07, 6.45) is 1.67. The Morgan fingerprint density at radius 3 is 2.76 bits per heavy atom. The lowest BCUT2D eigenvalue weighted by Crippen LogP contribution is -2.39. The van der Waals surface area contributed by atoms with E-state index in [1.807, 2.05) is 42.5 Å². The van der Waals surface area contributed by atoms with Gasteiger partial charge in [-0.15, -0.1) is 0 Å². The second-order valence-corrected chi connectivity index (χ2v) is 5.62. The predicted octanol–water partition coefficient (Wildman–Crippen LogP) is 3.38. The molecule has 3 rings (SSSR count). The van der Waals surface area contributed by atoms with Crippen LogP contribution in [0, 0.1) is 0 Å². The van der Waals surface area contributed by atoms with E-state index in [9.17, 15) is 4.79 Å². The molecular formula is C17H17ClN2O. The third-order valence-electron chi connectivity index (χ3n) is 3.79. The fourth-order valence-corrected chi connectivity index (χ4v) is 2.78. The molecule has 0 bridgehead atoms. The van der Waals surface area contributed by atoms with Crippen LogP contribution in [0.15, 0.2) is 48.5 Å². The van der Waals surface area contributed by atoms with Crippen LogP contribution in [0.4, 0.5) is 5.69 Å². The van der Waals surface area contributed by atoms with Gasteiger partial charge >= 0.3 is 0 Å². The Labute approximate surface area is 129 Å². The van der Waals surface area contributed by atoms with Crippen molar-refractivity contribution in [3.8, 4) is 0 Å². The third kappa shape index (κ3) is 3.26. The number of fused-ring (bicyclic) bond motifs is 1. The quantitative estimate of drug-likeness (QED) is 0.912. The molecule has 2 N–H and O–H groups in total. The fourth-order valence-electron chi connectivity index (χ4n) is 2.58. The molecule has 0 saturated heterocycles. The lowest BCUT2D eigenvalue weighted by atomic mass is 10.1. The van der Waals surface area contributed by atoms with Gasteiger partial charge in [0.2, 0.25) is 5.91 Å². The Kier molecular flexibility index (Phi) is 4.23. The van der Waals surface area contributed by atoms with Gasteiger partial charge in [-0.2, -0.15) is 0 Å². The number of carbonyl (C=O) groups excluding carboxylic acids is 1. The number of para-hydroxylation sites is 1. The molecule has 0 aromatic heterocycles. The molecule has 0 spiro atoms. The molecule has 1 amide bonds. The van der Waals surface area contributed by atoms with Crippen molar-refractivity contribution < 1.29 is 4.79 Å². The van der Waals surface area contributed by atoms with Gasteiger partial charge in [0.1, 0.15) is 0 Å². The van der Waals surface area contributed by atoms with Gasteiger partial charge in [0.25, 0.3) is 0 Å². The molecule has 108 valence electrons. The van der Waals surface area contributed by atoms with Gasteiger partial charge < -0.3 is 10.6 Å². The van der Waals surface area contributed by atoms with Gasteiger partial charge in [-0.3, -0.25) is 4.79 Å². The van der Waals surface area contributed by atoms with Crippen molar-refractivity contribution in [2.45, 2.75) is 25.4 Å². The third-order valence-corrected chi connectivity index (χ3v) is 4.16. The van der Waals surface area contributed by atoms with Crippen molar-refractivity contribution in [2.75, 3.05) is 5.32 Å². The molecule has 0 saturated carbocycles. The van der Waals surface area contributed by atoms with Crippen LogP contribution in [-0.4, -0.2) is 11.9 Å². The van der Waals surface area contributed by atoms with Crippen LogP contribution in [0.25, 0.3) is 0 Å². The van der Waals surface area contributed by atoms with E-state index in [1.165, 1.54) is 5.56 Å². The highest BCUT2D eigenvalue weighted by Crippen LogP contribution is 2.22. The minimum absolute atomic E-state index is 0.0204. The molecule has 0 aliphatic carbocycles. The van der Waals surface area contributed by atoms with E-state index in [1.54, 1.807) is 0 Å². The van der Waals surface area contributed by atoms with Crippen LogP contribution in [0.5, 0.6) is 0 Å². The molecule has 1 unspecified atom stereocenters. The summed E-state index contributed by atoms with van der Waals surface area (Å²) in [5.41, 5.74) is 3.12. The van der Waals surface area contributed by atoms with Crippen molar-refractivity contribution in [1.29, 1.82) is 0 Å². The van der Waals surface area contributed by atoms with Crippen molar-refractivity contribution >= 4 is 23.2 Å². The number of benzene rings is 2. The van der Waals surface area contributed by atoms with E-state index < -0.39 is 0 Å². The number of hydrogen-bond donors (Lipinski definition) is 2. The lowest BCUT2D eigenvalue weighted by molar-refractivity contribution is -0.118. The first-order valence-electron chi connectivity index (χ1n) is 7.09. The summed E-state index contributed by atoms with van der Waals surface area (Å²) in [7, 11) is 0. The summed E-state index contributed by atoms with van der Waals surface area (Å²) in [6.45, 7) is 0.591. The Balaban J connectivity index is 1.68. The number of carbonyl (C=O) groups is 1. The van der Waals surface area contributed by atoms with Gasteiger partial charge in [-0.25, -0.2) is 0 Å². The highest BCUT2D eigenvalue weighted by atomic mass is 35.5. The number of anilines is 1. The summed E-state index contributed by atoms with van der Waals surface area (Å²) in [5, 5.41) is 7.02. The zero-order chi connectivity index (χ0) is 14.7. The molecule has 0 radical (unpaired) electrons. The fraction of sp³-hybridized carbons (Fsp3) is 0.235. The van der Waals surface area contributed by atoms with Crippen LogP contribution in [0.1, 0.15) is 17.5 Å². The molecule has 1 heterocycles. The van der Waals surface area contributed by atoms with Crippen LogP contribution >= 0.6 is 11.6 Å². The van der Waals surface area contributed by atoms with Gasteiger partial charge in [-0.1, -0.05) is 48.0 Å². The minimum atomic E-state index is -0.200. The number of halogens is 1. The first-order valence-corrected chi connectivity index (χ1v) is 7.47. The molecule has 1 atom stereocenters. The number of amides is 1. The summed E-state index contributed by atoms with van der Waals surface area (Å²) >= 11 is 6.14. The predicted molar refractivity (Wildman–Crippen MR) is 85.5 cm³/mol. The van der Waals surface area contributed by atoms with E-state index in [4.69, 9.17) is 11.6 Å². The maximum absolute atomic E-state index is 12.3. The smallest absolute Gasteiger partial charge is 0.241 e. The molecule has 0 fully saturated rings. The van der Waals surface area contributed by atoms with Crippen molar-refractivity contribution in [1.82, 2.24) is 5.32 Å². The Morgan fingerprint density at radius 2 is 1.90 bits per heavy atom. The van der Waals surface area contributed by atoms with Crippen LogP contribution in [0.3, 0.4) is 0 Å². The molecule has 4 heteroatoms. The molecule has 3 nitrogen and oxygen atoms in total. The topological polar surface area (TPSA) is 41.1 Å². The van der Waals surface area contributed by atoms with Crippen LogP contribution < -0.4 is 10.6 Å². The van der Waals surface area contributed by atoms with E-state index in [0.29, 0.717) is 6.54 Å². The maximum Gasteiger partial charge on any atom is 0.241 e. The first-order chi connectivity index (χ1) is 10.2. The molecular weight excluding hydrogens is 284 g/mol. The summed E-state index contributed by atoms with van der Waals surface area (Å²) < 4.78 is 0. The van der Waals surface area contributed by atoms with Crippen molar-refractivity contribution in [3.63, 3.8) is 0 Å². The SMILES string of the molecule is O=C1Nc2ccccc2CCC1NCc1ccccc1Cl. The highest BCUT2D eigenvalue weighted by molar-refractivity contribution is 6.31. The summed E-state index contributed by atoms with van der Waals surface area (Å²) in [6, 6.07) is 15.4. The number of rotatable bonds is 3. The van der Waals surface area contributed by atoms with Crippen LogP contribution in [0.2, 0.25) is 5.02 Å². The molecule has 21 heavy (non-hydrogen) atoms. The van der Waals surface area contributed by atoms with Crippen LogP contribution in [-0.2, 0) is 17.8 Å². The van der Waals surface area contributed by atoms with E-state index in [0.717, 1.165) is 29.1 Å². The first kappa shape index (κ1) is 14.1. The highest BCUT2D eigenvalue weighted by Gasteiger charge is 2.22. The lowest BCUT2D eigenvalue weighted by Gasteiger charge is -2.15. The second kappa shape index (κ2) is 6.29. The molecule has 1 aliphatic rings. The van der Waals surface area contributed by atoms with Gasteiger partial charge in [0.05, 0.1) is 6.04 Å². The van der Waals surface area contributed by atoms with E-state index in [-0.39, 0.29) is 11.9 Å². The average molecular weight is 301 g/mol. The minimum Gasteiger partial charge on any atom is -0.324 e. The van der Waals surface area contributed by atoms with Gasteiger partial charge in [0, 0.05) is 17.3 Å². The maximum atomic E-state index is 12.3. The molecule has 2 aromatic rings. The van der Waals surface area contributed by atoms with E-state index >= 15 is 0 Å². The molecule has 2 aromatic carbocycles. The Bertz CT molecular complexity index is 657. The standard InChI is InChI=1S/C17H17ClN2O/c18-14-7-3-1-6-13(14)11-19-16-10-9-12-5-2-4-8-15(12)20-17(16)21/h1-8,16,19H,9-11H2,(H,20,21). The molecule has 1 aliphatic heterocycles. The van der Waals surface area contributed by atoms with Crippen molar-refractivity contribution in [3.05, 3.63) is 64.7 Å².